The SMILES string of the molecule is C=CC(=O)OCC1Cc2ccc(-c3ccc(OC)c(OC(=O)C(=C)C)c3)cc2C1. The van der Waals surface area contributed by atoms with E-state index in [1.54, 1.807) is 19.1 Å². The first-order valence-electron chi connectivity index (χ1n) is 9.38. The predicted octanol–water partition coefficient (Wildman–Crippen LogP) is 4.29. The van der Waals surface area contributed by atoms with Crippen molar-refractivity contribution in [2.75, 3.05) is 13.7 Å². The van der Waals surface area contributed by atoms with E-state index in [9.17, 15) is 9.59 Å². The molecule has 1 unspecified atom stereocenters. The van der Waals surface area contributed by atoms with Crippen LogP contribution in [0.25, 0.3) is 11.1 Å². The minimum atomic E-state index is -0.494. The molecule has 0 radical (unpaired) electrons. The van der Waals surface area contributed by atoms with Crippen LogP contribution in [-0.4, -0.2) is 25.7 Å². The maximum Gasteiger partial charge on any atom is 0.338 e. The van der Waals surface area contributed by atoms with Crippen molar-refractivity contribution in [1.82, 2.24) is 0 Å². The molecule has 150 valence electrons. The molecule has 0 fully saturated rings. The van der Waals surface area contributed by atoms with Crippen LogP contribution in [0.4, 0.5) is 0 Å². The van der Waals surface area contributed by atoms with Crippen LogP contribution < -0.4 is 9.47 Å². The molecule has 2 aromatic rings. The van der Waals surface area contributed by atoms with E-state index in [0.29, 0.717) is 23.7 Å². The van der Waals surface area contributed by atoms with Gasteiger partial charge in [0.05, 0.1) is 13.7 Å². The average molecular weight is 392 g/mol. The molecule has 1 atom stereocenters. The van der Waals surface area contributed by atoms with Crippen molar-refractivity contribution in [3.8, 4) is 22.6 Å². The van der Waals surface area contributed by atoms with Gasteiger partial charge in [-0.05, 0) is 54.2 Å². The number of benzene rings is 2. The second-order valence-electron chi connectivity index (χ2n) is 7.13. The summed E-state index contributed by atoms with van der Waals surface area (Å²) in [5.74, 6) is 0.219. The molecule has 0 aliphatic heterocycles. The fraction of sp³-hybridized carbons (Fsp3) is 0.250. The Labute approximate surface area is 170 Å². The summed E-state index contributed by atoms with van der Waals surface area (Å²) in [6.07, 6.45) is 2.91. The molecule has 0 saturated heterocycles. The van der Waals surface area contributed by atoms with E-state index < -0.39 is 11.9 Å². The fourth-order valence-corrected chi connectivity index (χ4v) is 3.39. The summed E-state index contributed by atoms with van der Waals surface area (Å²) >= 11 is 0. The number of hydrogen-bond acceptors (Lipinski definition) is 5. The van der Waals surface area contributed by atoms with Gasteiger partial charge in [0.1, 0.15) is 0 Å². The summed E-state index contributed by atoms with van der Waals surface area (Å²) in [6, 6.07) is 11.8. The highest BCUT2D eigenvalue weighted by atomic mass is 16.6. The Hall–Kier alpha value is -3.34. The highest BCUT2D eigenvalue weighted by Crippen LogP contribution is 2.35. The van der Waals surface area contributed by atoms with Crippen LogP contribution in [0.1, 0.15) is 18.1 Å². The Balaban J connectivity index is 1.80. The first-order chi connectivity index (χ1) is 13.9. The molecular formula is C24H24O5. The summed E-state index contributed by atoms with van der Waals surface area (Å²) in [4.78, 5) is 23.2. The van der Waals surface area contributed by atoms with Gasteiger partial charge in [0.25, 0.3) is 0 Å². The highest BCUT2D eigenvalue weighted by Gasteiger charge is 2.23. The number of carbonyl (C=O) groups is 2. The van der Waals surface area contributed by atoms with Gasteiger partial charge in [0, 0.05) is 17.6 Å². The largest absolute Gasteiger partial charge is 0.493 e. The van der Waals surface area contributed by atoms with Crippen molar-refractivity contribution < 1.29 is 23.8 Å². The lowest BCUT2D eigenvalue weighted by atomic mass is 10.00. The maximum atomic E-state index is 11.9. The Morgan fingerprint density at radius 3 is 2.45 bits per heavy atom. The number of fused-ring (bicyclic) bond motifs is 1. The predicted molar refractivity (Wildman–Crippen MR) is 111 cm³/mol. The number of ether oxygens (including phenoxy) is 3. The van der Waals surface area contributed by atoms with Crippen molar-refractivity contribution in [2.45, 2.75) is 19.8 Å². The van der Waals surface area contributed by atoms with Crippen molar-refractivity contribution in [3.05, 3.63) is 72.3 Å². The molecule has 3 rings (SSSR count). The van der Waals surface area contributed by atoms with Gasteiger partial charge in [-0.3, -0.25) is 0 Å². The summed E-state index contributed by atoms with van der Waals surface area (Å²) < 4.78 is 15.9. The van der Waals surface area contributed by atoms with Crippen LogP contribution in [0.2, 0.25) is 0 Å². The van der Waals surface area contributed by atoms with E-state index in [1.807, 2.05) is 12.1 Å². The Kier molecular flexibility index (Phi) is 6.17. The van der Waals surface area contributed by atoms with Crippen molar-refractivity contribution >= 4 is 11.9 Å². The number of methoxy groups -OCH3 is 1. The highest BCUT2D eigenvalue weighted by molar-refractivity contribution is 5.89. The fourth-order valence-electron chi connectivity index (χ4n) is 3.39. The zero-order valence-electron chi connectivity index (χ0n) is 16.7. The van der Waals surface area contributed by atoms with Crippen molar-refractivity contribution in [3.63, 3.8) is 0 Å². The lowest BCUT2D eigenvalue weighted by Crippen LogP contribution is -2.12. The topological polar surface area (TPSA) is 61.8 Å². The molecule has 2 aromatic carbocycles. The summed E-state index contributed by atoms with van der Waals surface area (Å²) in [6.45, 7) is 9.02. The van der Waals surface area contributed by atoms with Crippen LogP contribution in [0, 0.1) is 5.92 Å². The standard InChI is InChI=1S/C24H24O5/c1-5-23(25)28-14-16-10-17-6-7-18(12-20(17)11-16)19-8-9-21(27-4)22(13-19)29-24(26)15(2)3/h5-9,12-13,16H,1-2,10-11,14H2,3-4H3. The lowest BCUT2D eigenvalue weighted by molar-refractivity contribution is -0.139. The van der Waals surface area contributed by atoms with E-state index in [4.69, 9.17) is 14.2 Å². The zero-order chi connectivity index (χ0) is 21.0. The average Bonchev–Trinajstić information content (AvgIpc) is 3.13. The molecule has 0 amide bonds. The molecule has 0 heterocycles. The minimum Gasteiger partial charge on any atom is -0.493 e. The van der Waals surface area contributed by atoms with Crippen LogP contribution in [-0.2, 0) is 27.2 Å². The zero-order valence-corrected chi connectivity index (χ0v) is 16.7. The van der Waals surface area contributed by atoms with Gasteiger partial charge in [-0.1, -0.05) is 37.4 Å². The first kappa shape index (κ1) is 20.4. The van der Waals surface area contributed by atoms with Gasteiger partial charge >= 0.3 is 11.9 Å². The van der Waals surface area contributed by atoms with Crippen LogP contribution in [0.5, 0.6) is 11.5 Å². The molecule has 0 saturated carbocycles. The van der Waals surface area contributed by atoms with E-state index >= 15 is 0 Å². The van der Waals surface area contributed by atoms with E-state index in [2.05, 4.69) is 25.3 Å². The molecule has 0 bridgehead atoms. The molecule has 5 nitrogen and oxygen atoms in total. The van der Waals surface area contributed by atoms with E-state index in [-0.39, 0.29) is 5.92 Å². The van der Waals surface area contributed by atoms with E-state index in [0.717, 1.165) is 24.0 Å². The normalized spacial score (nSPS) is 14.6. The Morgan fingerprint density at radius 2 is 1.76 bits per heavy atom. The van der Waals surface area contributed by atoms with Gasteiger partial charge in [-0.2, -0.15) is 0 Å². The van der Waals surface area contributed by atoms with Crippen LogP contribution >= 0.6 is 0 Å². The van der Waals surface area contributed by atoms with Crippen molar-refractivity contribution in [2.24, 2.45) is 5.92 Å². The third-order valence-corrected chi connectivity index (χ3v) is 4.90. The molecule has 5 heteroatoms. The maximum absolute atomic E-state index is 11.9. The van der Waals surface area contributed by atoms with Crippen molar-refractivity contribution in [1.29, 1.82) is 0 Å². The number of esters is 2. The quantitative estimate of drug-likeness (QED) is 0.400. The van der Waals surface area contributed by atoms with Gasteiger partial charge in [-0.25, -0.2) is 9.59 Å². The van der Waals surface area contributed by atoms with Gasteiger partial charge in [0.2, 0.25) is 0 Å². The number of carbonyl (C=O) groups excluding carboxylic acids is 2. The summed E-state index contributed by atoms with van der Waals surface area (Å²) in [5.41, 5.74) is 4.75. The van der Waals surface area contributed by atoms with E-state index in [1.165, 1.54) is 24.3 Å². The Morgan fingerprint density at radius 1 is 1.07 bits per heavy atom. The van der Waals surface area contributed by atoms with Gasteiger partial charge < -0.3 is 14.2 Å². The summed E-state index contributed by atoms with van der Waals surface area (Å²) in [7, 11) is 1.53. The molecule has 0 aromatic heterocycles. The Bertz CT molecular complexity index is 973. The van der Waals surface area contributed by atoms with Gasteiger partial charge in [0.15, 0.2) is 11.5 Å². The number of rotatable bonds is 7. The number of hydrogen-bond donors (Lipinski definition) is 0. The molecule has 29 heavy (non-hydrogen) atoms. The van der Waals surface area contributed by atoms with Crippen LogP contribution in [0.3, 0.4) is 0 Å². The van der Waals surface area contributed by atoms with Crippen LogP contribution in [0.15, 0.2) is 61.2 Å². The molecule has 1 aliphatic carbocycles. The minimum absolute atomic E-state index is 0.270. The molecule has 0 N–H and O–H groups in total. The monoisotopic (exact) mass is 392 g/mol. The molecular weight excluding hydrogens is 368 g/mol. The molecule has 1 aliphatic rings. The lowest BCUT2D eigenvalue weighted by Gasteiger charge is -2.12. The second kappa shape index (κ2) is 8.78. The first-order valence-corrected chi connectivity index (χ1v) is 9.38. The smallest absolute Gasteiger partial charge is 0.338 e. The third kappa shape index (κ3) is 4.74. The van der Waals surface area contributed by atoms with Gasteiger partial charge in [-0.15, -0.1) is 0 Å². The second-order valence-corrected chi connectivity index (χ2v) is 7.13. The summed E-state index contributed by atoms with van der Waals surface area (Å²) in [5, 5.41) is 0. The third-order valence-electron chi connectivity index (χ3n) is 4.90. The molecule has 0 spiro atoms.